The number of nitrogens with zero attached hydrogens (tertiary/aromatic N) is 1. The molecule has 11 heavy (non-hydrogen) atoms. The standard InChI is InChI=1S/C6H11F3N2/c1-11-5(10)3-2-4-6(7,8)9/h2-4H2,1H3,(H2,10,11). The highest BCUT2D eigenvalue weighted by Crippen LogP contribution is 2.21. The van der Waals surface area contributed by atoms with E-state index in [1.807, 2.05) is 0 Å². The summed E-state index contributed by atoms with van der Waals surface area (Å²) >= 11 is 0. The van der Waals surface area contributed by atoms with Crippen molar-refractivity contribution in [2.45, 2.75) is 25.4 Å². The first-order chi connectivity index (χ1) is 4.95. The summed E-state index contributed by atoms with van der Waals surface area (Å²) in [5.41, 5.74) is 5.18. The Bertz CT molecular complexity index is 139. The Morgan fingerprint density at radius 2 is 2.00 bits per heavy atom. The zero-order chi connectivity index (χ0) is 8.91. The summed E-state index contributed by atoms with van der Waals surface area (Å²) in [6.45, 7) is 0. The number of hydrogen-bond acceptors (Lipinski definition) is 1. The van der Waals surface area contributed by atoms with Crippen LogP contribution >= 0.6 is 0 Å². The van der Waals surface area contributed by atoms with E-state index in [2.05, 4.69) is 4.99 Å². The van der Waals surface area contributed by atoms with Gasteiger partial charge in [-0.2, -0.15) is 13.2 Å². The average Bonchev–Trinajstić information content (AvgIpc) is 1.85. The van der Waals surface area contributed by atoms with E-state index in [0.717, 1.165) is 0 Å². The highest BCUT2D eigenvalue weighted by molar-refractivity contribution is 5.79. The molecule has 0 saturated heterocycles. The number of nitrogens with two attached hydrogens (primary N) is 1. The normalized spacial score (nSPS) is 13.6. The quantitative estimate of drug-likeness (QED) is 0.505. The van der Waals surface area contributed by atoms with Crippen molar-refractivity contribution in [3.05, 3.63) is 0 Å². The second-order valence-corrected chi connectivity index (χ2v) is 2.18. The Hall–Kier alpha value is -0.740. The second kappa shape index (κ2) is 4.20. The molecule has 0 atom stereocenters. The molecule has 0 bridgehead atoms. The van der Waals surface area contributed by atoms with E-state index in [9.17, 15) is 13.2 Å². The molecule has 0 unspecified atom stereocenters. The van der Waals surface area contributed by atoms with Gasteiger partial charge in [0.1, 0.15) is 0 Å². The molecular weight excluding hydrogens is 157 g/mol. The van der Waals surface area contributed by atoms with E-state index < -0.39 is 12.6 Å². The van der Waals surface area contributed by atoms with Crippen molar-refractivity contribution < 1.29 is 13.2 Å². The molecule has 0 heterocycles. The van der Waals surface area contributed by atoms with Crippen LogP contribution in [0.3, 0.4) is 0 Å². The van der Waals surface area contributed by atoms with Gasteiger partial charge in [-0.25, -0.2) is 0 Å². The molecule has 0 saturated carbocycles. The summed E-state index contributed by atoms with van der Waals surface area (Å²) in [7, 11) is 1.46. The van der Waals surface area contributed by atoms with Crippen LogP contribution < -0.4 is 5.73 Å². The molecule has 0 aliphatic heterocycles. The maximum atomic E-state index is 11.5. The summed E-state index contributed by atoms with van der Waals surface area (Å²) in [5.74, 6) is 0.272. The third-order valence-corrected chi connectivity index (χ3v) is 1.18. The molecule has 0 radical (unpaired) electrons. The molecule has 5 heteroatoms. The molecule has 66 valence electrons. The first-order valence-electron chi connectivity index (χ1n) is 3.23. The van der Waals surface area contributed by atoms with E-state index in [4.69, 9.17) is 5.73 Å². The van der Waals surface area contributed by atoms with Crippen LogP contribution in [0.25, 0.3) is 0 Å². The van der Waals surface area contributed by atoms with Gasteiger partial charge in [0.15, 0.2) is 0 Å². The Labute approximate surface area is 63.3 Å². The van der Waals surface area contributed by atoms with Crippen molar-refractivity contribution in [1.29, 1.82) is 0 Å². The number of aliphatic imine (C=N–C) groups is 1. The summed E-state index contributed by atoms with van der Waals surface area (Å²) < 4.78 is 34.6. The minimum Gasteiger partial charge on any atom is -0.387 e. The lowest BCUT2D eigenvalue weighted by Gasteiger charge is -2.04. The molecule has 0 aliphatic carbocycles. The monoisotopic (exact) mass is 168 g/mol. The molecule has 0 rings (SSSR count). The molecule has 0 amide bonds. The van der Waals surface area contributed by atoms with Gasteiger partial charge in [0, 0.05) is 19.9 Å². The van der Waals surface area contributed by atoms with Gasteiger partial charge in [0.2, 0.25) is 0 Å². The Morgan fingerprint density at radius 1 is 1.45 bits per heavy atom. The number of hydrogen-bond donors (Lipinski definition) is 1. The predicted octanol–water partition coefficient (Wildman–Crippen LogP) is 1.71. The molecule has 0 aliphatic rings. The fourth-order valence-corrected chi connectivity index (χ4v) is 0.582. The van der Waals surface area contributed by atoms with E-state index in [-0.39, 0.29) is 18.7 Å². The van der Waals surface area contributed by atoms with Crippen LogP contribution in [0.15, 0.2) is 4.99 Å². The zero-order valence-electron chi connectivity index (χ0n) is 6.28. The van der Waals surface area contributed by atoms with Crippen LogP contribution in [0.1, 0.15) is 19.3 Å². The molecule has 0 aromatic rings. The lowest BCUT2D eigenvalue weighted by atomic mass is 10.2. The first kappa shape index (κ1) is 10.3. The van der Waals surface area contributed by atoms with Gasteiger partial charge >= 0.3 is 6.18 Å². The Morgan fingerprint density at radius 3 is 2.36 bits per heavy atom. The van der Waals surface area contributed by atoms with Gasteiger partial charge in [0.05, 0.1) is 5.84 Å². The topological polar surface area (TPSA) is 38.4 Å². The molecule has 0 aromatic carbocycles. The Kier molecular flexibility index (Phi) is 3.92. The van der Waals surface area contributed by atoms with Crippen molar-refractivity contribution in [3.8, 4) is 0 Å². The summed E-state index contributed by atoms with van der Waals surface area (Å²) in [4.78, 5) is 3.54. The molecule has 2 N–H and O–H groups in total. The lowest BCUT2D eigenvalue weighted by Crippen LogP contribution is -2.13. The minimum absolute atomic E-state index is 0.0205. The van der Waals surface area contributed by atoms with Crippen molar-refractivity contribution in [2.24, 2.45) is 10.7 Å². The summed E-state index contributed by atoms with van der Waals surface area (Å²) in [6.07, 6.45) is -4.63. The molecule has 0 spiro atoms. The SMILES string of the molecule is CN=C(N)CCCC(F)(F)F. The predicted molar refractivity (Wildman–Crippen MR) is 37.5 cm³/mol. The fourth-order valence-electron chi connectivity index (χ4n) is 0.582. The fraction of sp³-hybridized carbons (Fsp3) is 0.833. The highest BCUT2D eigenvalue weighted by atomic mass is 19.4. The third-order valence-electron chi connectivity index (χ3n) is 1.18. The average molecular weight is 168 g/mol. The van der Waals surface area contributed by atoms with Gasteiger partial charge in [-0.3, -0.25) is 4.99 Å². The maximum Gasteiger partial charge on any atom is 0.389 e. The van der Waals surface area contributed by atoms with Crippen molar-refractivity contribution in [2.75, 3.05) is 7.05 Å². The number of rotatable bonds is 3. The molecule has 2 nitrogen and oxygen atoms in total. The summed E-state index contributed by atoms with van der Waals surface area (Å²) in [6, 6.07) is 0. The van der Waals surface area contributed by atoms with Gasteiger partial charge in [-0.1, -0.05) is 0 Å². The first-order valence-corrected chi connectivity index (χ1v) is 3.23. The van der Waals surface area contributed by atoms with Gasteiger partial charge in [-0.05, 0) is 6.42 Å². The number of alkyl halides is 3. The van der Waals surface area contributed by atoms with Crippen LogP contribution in [0, 0.1) is 0 Å². The van der Waals surface area contributed by atoms with Gasteiger partial charge in [-0.15, -0.1) is 0 Å². The van der Waals surface area contributed by atoms with Gasteiger partial charge in [0.25, 0.3) is 0 Å². The van der Waals surface area contributed by atoms with Crippen LogP contribution in [0.4, 0.5) is 13.2 Å². The van der Waals surface area contributed by atoms with Crippen molar-refractivity contribution >= 4 is 5.84 Å². The minimum atomic E-state index is -4.08. The van der Waals surface area contributed by atoms with E-state index in [1.54, 1.807) is 0 Å². The van der Waals surface area contributed by atoms with E-state index in [1.165, 1.54) is 7.05 Å². The number of halogens is 3. The summed E-state index contributed by atoms with van der Waals surface area (Å²) in [5, 5.41) is 0. The van der Waals surface area contributed by atoms with Crippen molar-refractivity contribution in [1.82, 2.24) is 0 Å². The number of amidine groups is 1. The molecule has 0 fully saturated rings. The van der Waals surface area contributed by atoms with Crippen molar-refractivity contribution in [3.63, 3.8) is 0 Å². The van der Waals surface area contributed by atoms with Gasteiger partial charge < -0.3 is 5.73 Å². The maximum absolute atomic E-state index is 11.5. The molecule has 0 aromatic heterocycles. The van der Waals surface area contributed by atoms with E-state index >= 15 is 0 Å². The van der Waals surface area contributed by atoms with Crippen LogP contribution in [0.5, 0.6) is 0 Å². The smallest absolute Gasteiger partial charge is 0.387 e. The highest BCUT2D eigenvalue weighted by Gasteiger charge is 2.25. The third kappa shape index (κ3) is 7.15. The Balaban J connectivity index is 3.43. The second-order valence-electron chi connectivity index (χ2n) is 2.18. The van der Waals surface area contributed by atoms with Crippen LogP contribution in [-0.2, 0) is 0 Å². The largest absolute Gasteiger partial charge is 0.389 e. The molecular formula is C6H11F3N2. The zero-order valence-corrected chi connectivity index (χ0v) is 6.28. The van der Waals surface area contributed by atoms with E-state index in [0.29, 0.717) is 0 Å². The van der Waals surface area contributed by atoms with Crippen LogP contribution in [-0.4, -0.2) is 19.1 Å². The van der Waals surface area contributed by atoms with Crippen LogP contribution in [0.2, 0.25) is 0 Å². The lowest BCUT2D eigenvalue weighted by molar-refractivity contribution is -0.135.